The summed E-state index contributed by atoms with van der Waals surface area (Å²) in [4.78, 5) is 0. The van der Waals surface area contributed by atoms with Gasteiger partial charge in [0.1, 0.15) is 20.3 Å². The van der Waals surface area contributed by atoms with E-state index in [9.17, 15) is 0 Å². The number of hydrogen-bond donors (Lipinski definition) is 0. The molecule has 0 aromatic heterocycles. The van der Waals surface area contributed by atoms with Crippen LogP contribution < -0.4 is 10.4 Å². The first-order chi connectivity index (χ1) is 15.2. The third-order valence-electron chi connectivity index (χ3n) is 5.67. The normalized spacial score (nSPS) is 16.6. The maximum atomic E-state index is 8.65. The molecule has 0 aliphatic carbocycles. The summed E-state index contributed by atoms with van der Waals surface area (Å²) in [6.07, 6.45) is 1.47. The lowest BCUT2D eigenvalue weighted by atomic mass is 10.4. The Morgan fingerprint density at radius 1 is 1.00 bits per heavy atom. The molecule has 0 spiro atoms. The Morgan fingerprint density at radius 3 is 2.13 bits per heavy atom. The Balaban J connectivity index is 1.48. The molecule has 0 saturated carbocycles. The first kappa shape index (κ1) is 23.6. The maximum absolute atomic E-state index is 8.65. The number of hydrogen-bond acceptors (Lipinski definition) is 5. The molecular formula is C25H33NO4Si. The summed E-state index contributed by atoms with van der Waals surface area (Å²) in [5.41, 5.74) is 0. The monoisotopic (exact) mass is 439 g/mol. The third-order valence-corrected chi connectivity index (χ3v) is 10.2. The van der Waals surface area contributed by atoms with Crippen LogP contribution >= 0.6 is 0 Å². The highest BCUT2D eigenvalue weighted by atomic mass is 28.3. The summed E-state index contributed by atoms with van der Waals surface area (Å²) in [5, 5.41) is 11.6. The van der Waals surface area contributed by atoms with Crippen molar-refractivity contribution in [3.05, 3.63) is 60.7 Å². The lowest BCUT2D eigenvalue weighted by Crippen LogP contribution is -2.55. The van der Waals surface area contributed by atoms with Gasteiger partial charge in [0, 0.05) is 6.61 Å². The number of rotatable bonds is 15. The number of benzene rings is 2. The van der Waals surface area contributed by atoms with Crippen molar-refractivity contribution in [2.45, 2.75) is 37.6 Å². The second-order valence-electron chi connectivity index (χ2n) is 8.14. The van der Waals surface area contributed by atoms with Crippen LogP contribution in [0.4, 0.5) is 0 Å². The molecule has 6 heteroatoms. The first-order valence-electron chi connectivity index (χ1n) is 11.1. The molecule has 1 heterocycles. The summed E-state index contributed by atoms with van der Waals surface area (Å²) >= 11 is 0. The molecule has 0 bridgehead atoms. The average molecular weight is 440 g/mol. The highest BCUT2D eigenvalue weighted by Gasteiger charge is 2.31. The first-order valence-corrected chi connectivity index (χ1v) is 13.8. The van der Waals surface area contributed by atoms with E-state index in [1.54, 1.807) is 0 Å². The van der Waals surface area contributed by atoms with Crippen LogP contribution in [0.5, 0.6) is 0 Å². The highest BCUT2D eigenvalue weighted by molar-refractivity contribution is 7.01. The smallest absolute Gasteiger partial charge is 0.115 e. The van der Waals surface area contributed by atoms with Gasteiger partial charge in [-0.05, 0) is 12.5 Å². The summed E-state index contributed by atoms with van der Waals surface area (Å²) in [6, 6.07) is 25.0. The number of ether oxygens (including phenoxy) is 4. The average Bonchev–Trinajstić information content (AvgIpc) is 3.65. The molecule has 5 nitrogen and oxygen atoms in total. The van der Waals surface area contributed by atoms with E-state index in [0.29, 0.717) is 39.5 Å². The van der Waals surface area contributed by atoms with Gasteiger partial charge in [-0.15, -0.1) is 0 Å². The van der Waals surface area contributed by atoms with E-state index in [-0.39, 0.29) is 12.2 Å². The van der Waals surface area contributed by atoms with Gasteiger partial charge in [-0.25, -0.2) is 0 Å². The standard InChI is InChI=1S/C25H33NO4Si/c1-31(24-10-4-2-5-11-24,25-12-6-3-7-13-25)17-9-16-28-19-22(18-27-15-8-14-26)29-20-23-21-30-23/h2-7,10-13,22-23H,8-9,15-21H2,1H3. The van der Waals surface area contributed by atoms with Crippen LogP contribution in [0.2, 0.25) is 12.6 Å². The molecule has 3 rings (SSSR count). The van der Waals surface area contributed by atoms with E-state index >= 15 is 0 Å². The van der Waals surface area contributed by atoms with Crippen molar-refractivity contribution >= 4 is 18.4 Å². The van der Waals surface area contributed by atoms with Crippen molar-refractivity contribution in [3.8, 4) is 6.07 Å². The van der Waals surface area contributed by atoms with Crippen LogP contribution in [0.25, 0.3) is 0 Å². The molecule has 0 amide bonds. The van der Waals surface area contributed by atoms with Gasteiger partial charge in [-0.2, -0.15) is 5.26 Å². The molecule has 2 unspecified atom stereocenters. The summed E-state index contributed by atoms with van der Waals surface area (Å²) < 4.78 is 22.6. The van der Waals surface area contributed by atoms with Gasteiger partial charge >= 0.3 is 0 Å². The van der Waals surface area contributed by atoms with Gasteiger partial charge in [0.15, 0.2) is 0 Å². The minimum Gasteiger partial charge on any atom is -0.379 e. The van der Waals surface area contributed by atoms with Gasteiger partial charge in [-0.1, -0.05) is 77.6 Å². The summed E-state index contributed by atoms with van der Waals surface area (Å²) in [7, 11) is -1.81. The molecule has 166 valence electrons. The Labute approximate surface area is 186 Å². The molecule has 1 aliphatic rings. The van der Waals surface area contributed by atoms with E-state index < -0.39 is 8.07 Å². The van der Waals surface area contributed by atoms with E-state index in [0.717, 1.165) is 19.1 Å². The largest absolute Gasteiger partial charge is 0.379 e. The molecule has 0 N–H and O–H groups in total. The van der Waals surface area contributed by atoms with E-state index in [1.807, 2.05) is 0 Å². The maximum Gasteiger partial charge on any atom is 0.115 e. The fraction of sp³-hybridized carbons (Fsp3) is 0.480. The number of nitriles is 1. The van der Waals surface area contributed by atoms with Crippen molar-refractivity contribution in [3.63, 3.8) is 0 Å². The van der Waals surface area contributed by atoms with Gasteiger partial charge in [0.25, 0.3) is 0 Å². The molecular weight excluding hydrogens is 406 g/mol. The SMILES string of the molecule is C[Si](CCCOCC(COCCC#N)OCC1CO1)(c1ccccc1)c1ccccc1. The molecule has 1 saturated heterocycles. The van der Waals surface area contributed by atoms with Gasteiger partial charge < -0.3 is 18.9 Å². The Kier molecular flexibility index (Phi) is 9.72. The highest BCUT2D eigenvalue weighted by Crippen LogP contribution is 2.15. The zero-order chi connectivity index (χ0) is 21.8. The lowest BCUT2D eigenvalue weighted by Gasteiger charge is -2.29. The van der Waals surface area contributed by atoms with E-state index in [2.05, 4.69) is 73.3 Å². The van der Waals surface area contributed by atoms with Crippen molar-refractivity contribution in [1.82, 2.24) is 0 Å². The topological polar surface area (TPSA) is 64.0 Å². The third kappa shape index (κ3) is 7.88. The quantitative estimate of drug-likeness (QED) is 0.242. The minimum atomic E-state index is -1.81. The van der Waals surface area contributed by atoms with Crippen LogP contribution in [0.1, 0.15) is 12.8 Å². The molecule has 2 aromatic rings. The fourth-order valence-corrected chi connectivity index (χ4v) is 7.31. The van der Waals surface area contributed by atoms with Crippen molar-refractivity contribution < 1.29 is 18.9 Å². The van der Waals surface area contributed by atoms with Crippen molar-refractivity contribution in [2.24, 2.45) is 0 Å². The zero-order valence-corrected chi connectivity index (χ0v) is 19.4. The van der Waals surface area contributed by atoms with Crippen LogP contribution in [0, 0.1) is 11.3 Å². The second-order valence-corrected chi connectivity index (χ2v) is 12.5. The molecule has 0 radical (unpaired) electrons. The molecule has 1 aliphatic heterocycles. The van der Waals surface area contributed by atoms with Crippen LogP contribution in [0.3, 0.4) is 0 Å². The predicted octanol–water partition coefficient (Wildman–Crippen LogP) is 3.00. The fourth-order valence-electron chi connectivity index (χ4n) is 3.69. The van der Waals surface area contributed by atoms with Crippen LogP contribution in [0.15, 0.2) is 60.7 Å². The summed E-state index contributed by atoms with van der Waals surface area (Å²) in [6.45, 7) is 5.84. The predicted molar refractivity (Wildman–Crippen MR) is 125 cm³/mol. The van der Waals surface area contributed by atoms with Crippen molar-refractivity contribution in [2.75, 3.05) is 39.6 Å². The van der Waals surface area contributed by atoms with Crippen LogP contribution in [-0.2, 0) is 18.9 Å². The molecule has 2 atom stereocenters. The molecule has 1 fully saturated rings. The Bertz CT molecular complexity index is 753. The second kappa shape index (κ2) is 12.7. The van der Waals surface area contributed by atoms with Gasteiger partial charge in [0.05, 0.1) is 45.5 Å². The number of epoxide rings is 1. The lowest BCUT2D eigenvalue weighted by molar-refractivity contribution is -0.0623. The Morgan fingerprint density at radius 2 is 1.58 bits per heavy atom. The van der Waals surface area contributed by atoms with E-state index in [1.165, 1.54) is 10.4 Å². The van der Waals surface area contributed by atoms with Gasteiger partial charge in [-0.3, -0.25) is 0 Å². The van der Waals surface area contributed by atoms with Gasteiger partial charge in [0.2, 0.25) is 0 Å². The van der Waals surface area contributed by atoms with Crippen LogP contribution in [-0.4, -0.2) is 59.9 Å². The minimum absolute atomic E-state index is 0.130. The molecule has 31 heavy (non-hydrogen) atoms. The molecule has 2 aromatic carbocycles. The number of nitrogens with zero attached hydrogens (tertiary/aromatic N) is 1. The zero-order valence-electron chi connectivity index (χ0n) is 18.4. The Hall–Kier alpha value is -2.01. The van der Waals surface area contributed by atoms with E-state index in [4.69, 9.17) is 24.2 Å². The van der Waals surface area contributed by atoms with Crippen molar-refractivity contribution in [1.29, 1.82) is 5.26 Å². The summed E-state index contributed by atoms with van der Waals surface area (Å²) in [5.74, 6) is 0.